The number of aliphatic hydroxyl groups excluding tert-OH is 1. The molecule has 0 saturated carbocycles. The van der Waals surface area contributed by atoms with Crippen molar-refractivity contribution >= 4 is 39.5 Å². The predicted molar refractivity (Wildman–Crippen MR) is 399 cm³/mol. The van der Waals surface area contributed by atoms with Crippen LogP contribution in [0.1, 0.15) is 336 Å². The van der Waals surface area contributed by atoms with Gasteiger partial charge in [-0.15, -0.1) is 0 Å². The summed E-state index contributed by atoms with van der Waals surface area (Å²) in [7, 11) is -9.95. The van der Waals surface area contributed by atoms with E-state index in [0.29, 0.717) is 25.7 Å². The van der Waals surface area contributed by atoms with Gasteiger partial charge < -0.3 is 33.8 Å². The number of phosphoric acid groups is 2. The van der Waals surface area contributed by atoms with Gasteiger partial charge in [-0.05, 0) is 122 Å². The Morgan fingerprint density at radius 2 is 0.531 bits per heavy atom. The largest absolute Gasteiger partial charge is 0.472 e. The van der Waals surface area contributed by atoms with Gasteiger partial charge in [0.2, 0.25) is 0 Å². The minimum atomic E-state index is -4.98. The molecule has 0 aliphatic rings. The molecule has 568 valence electrons. The molecule has 98 heavy (non-hydrogen) atoms. The molecule has 17 nitrogen and oxygen atoms in total. The number of aliphatic hydroxyl groups is 1. The molecule has 0 radical (unpaired) electrons. The van der Waals surface area contributed by atoms with Crippen molar-refractivity contribution in [2.75, 3.05) is 39.6 Å². The molecule has 19 heteroatoms. The van der Waals surface area contributed by atoms with Crippen LogP contribution in [0, 0.1) is 0 Å². The summed E-state index contributed by atoms with van der Waals surface area (Å²) in [6.45, 7) is 4.70. The van der Waals surface area contributed by atoms with E-state index in [1.807, 2.05) is 0 Å². The Hall–Kier alpha value is -3.76. The second-order valence-corrected chi connectivity index (χ2v) is 28.8. The minimum absolute atomic E-state index is 0.0734. The van der Waals surface area contributed by atoms with Crippen molar-refractivity contribution in [1.29, 1.82) is 0 Å². The molecule has 0 fully saturated rings. The molecule has 0 aromatic heterocycles. The number of hydrogen-bond acceptors (Lipinski definition) is 15. The molecule has 0 rings (SSSR count). The monoisotopic (exact) mass is 1420 g/mol. The molecule has 0 aromatic rings. The summed E-state index contributed by atoms with van der Waals surface area (Å²) in [6.07, 6.45) is 72.8. The SMILES string of the molecule is CC/C=C\C/C=C\C/C=C\CCCCCCCC(=O)OC(COC(=O)CCCCCCCC/C=C\C/C=C\C/C=C\CCCCC)COP(=O)(O)OCC(O)COP(=O)(O)OCC(COC(=O)CCCCCCC/C=C\CCCCCC)OC(=O)CCCCCCCCCCCCC. The first-order chi connectivity index (χ1) is 47.7. The van der Waals surface area contributed by atoms with Crippen molar-refractivity contribution < 1.29 is 80.2 Å². The van der Waals surface area contributed by atoms with Crippen molar-refractivity contribution in [2.45, 2.75) is 354 Å². The summed E-state index contributed by atoms with van der Waals surface area (Å²) < 4.78 is 68.5. The summed E-state index contributed by atoms with van der Waals surface area (Å²) in [5.41, 5.74) is 0. The summed E-state index contributed by atoms with van der Waals surface area (Å²) in [5.74, 6) is -2.20. The molecule has 0 amide bonds. The van der Waals surface area contributed by atoms with Crippen molar-refractivity contribution in [3.8, 4) is 0 Å². The number of allylic oxidation sites excluding steroid dienone is 14. The van der Waals surface area contributed by atoms with Gasteiger partial charge in [0.1, 0.15) is 19.3 Å². The van der Waals surface area contributed by atoms with Gasteiger partial charge in [0.05, 0.1) is 26.4 Å². The van der Waals surface area contributed by atoms with E-state index in [4.69, 9.17) is 37.0 Å². The summed E-state index contributed by atoms with van der Waals surface area (Å²) in [4.78, 5) is 72.8. The highest BCUT2D eigenvalue weighted by Crippen LogP contribution is 2.45. The molecule has 5 atom stereocenters. The highest BCUT2D eigenvalue weighted by molar-refractivity contribution is 7.47. The van der Waals surface area contributed by atoms with Gasteiger partial charge in [0, 0.05) is 25.7 Å². The summed E-state index contributed by atoms with van der Waals surface area (Å²) in [6, 6.07) is 0. The van der Waals surface area contributed by atoms with Crippen LogP contribution in [-0.4, -0.2) is 96.7 Å². The van der Waals surface area contributed by atoms with Gasteiger partial charge in [0.25, 0.3) is 0 Å². The molecule has 0 spiro atoms. The van der Waals surface area contributed by atoms with Gasteiger partial charge in [-0.3, -0.25) is 37.3 Å². The van der Waals surface area contributed by atoms with Crippen LogP contribution >= 0.6 is 15.6 Å². The Morgan fingerprint density at radius 1 is 0.296 bits per heavy atom. The van der Waals surface area contributed by atoms with Crippen molar-refractivity contribution in [3.05, 3.63) is 85.1 Å². The third-order valence-electron chi connectivity index (χ3n) is 16.3. The molecular weight excluding hydrogens is 1280 g/mol. The number of phosphoric ester groups is 2. The first kappa shape index (κ1) is 94.2. The first-order valence-corrected chi connectivity index (χ1v) is 41.8. The number of rotatable bonds is 73. The molecule has 3 N–H and O–H groups in total. The fourth-order valence-corrected chi connectivity index (χ4v) is 12.0. The number of hydrogen-bond donors (Lipinski definition) is 3. The van der Waals surface area contributed by atoms with Gasteiger partial charge in [-0.2, -0.15) is 0 Å². The average molecular weight is 1420 g/mol. The van der Waals surface area contributed by atoms with Crippen LogP contribution in [0.15, 0.2) is 85.1 Å². The third-order valence-corrected chi connectivity index (χ3v) is 18.2. The highest BCUT2D eigenvalue weighted by Gasteiger charge is 2.30. The minimum Gasteiger partial charge on any atom is -0.462 e. The van der Waals surface area contributed by atoms with Crippen molar-refractivity contribution in [1.82, 2.24) is 0 Å². The zero-order valence-electron chi connectivity index (χ0n) is 62.0. The maximum absolute atomic E-state index is 13.1. The van der Waals surface area contributed by atoms with E-state index in [1.165, 1.54) is 83.5 Å². The van der Waals surface area contributed by atoms with Crippen molar-refractivity contribution in [2.24, 2.45) is 0 Å². The third kappa shape index (κ3) is 70.7. The number of esters is 4. The fourth-order valence-electron chi connectivity index (χ4n) is 10.4. The van der Waals surface area contributed by atoms with E-state index in [2.05, 4.69) is 113 Å². The molecule has 0 aliphatic heterocycles. The van der Waals surface area contributed by atoms with E-state index in [0.717, 1.165) is 173 Å². The lowest BCUT2D eigenvalue weighted by Gasteiger charge is -2.21. The van der Waals surface area contributed by atoms with Crippen LogP contribution in [0.3, 0.4) is 0 Å². The maximum Gasteiger partial charge on any atom is 0.472 e. The van der Waals surface area contributed by atoms with Crippen LogP contribution < -0.4 is 0 Å². The molecule has 0 saturated heterocycles. The smallest absolute Gasteiger partial charge is 0.462 e. The first-order valence-electron chi connectivity index (χ1n) is 38.8. The van der Waals surface area contributed by atoms with E-state index in [9.17, 15) is 43.2 Å². The van der Waals surface area contributed by atoms with E-state index in [-0.39, 0.29) is 25.7 Å². The zero-order chi connectivity index (χ0) is 71.8. The maximum atomic E-state index is 13.1. The quantitative estimate of drug-likeness (QED) is 0.0169. The van der Waals surface area contributed by atoms with E-state index < -0.39 is 97.5 Å². The van der Waals surface area contributed by atoms with E-state index >= 15 is 0 Å². The Balaban J connectivity index is 5.33. The topological polar surface area (TPSA) is 237 Å². The average Bonchev–Trinajstić information content (AvgIpc) is 1.06. The van der Waals surface area contributed by atoms with Crippen molar-refractivity contribution in [3.63, 3.8) is 0 Å². The molecule has 0 aromatic carbocycles. The lowest BCUT2D eigenvalue weighted by Crippen LogP contribution is -2.30. The number of carbonyl (C=O) groups excluding carboxylic acids is 4. The Bertz CT molecular complexity index is 2190. The molecule has 5 unspecified atom stereocenters. The van der Waals surface area contributed by atoms with Gasteiger partial charge in [-0.25, -0.2) is 9.13 Å². The molecule has 0 heterocycles. The Kier molecular flexibility index (Phi) is 68.9. The van der Waals surface area contributed by atoms with Crippen LogP contribution in [0.4, 0.5) is 0 Å². The van der Waals surface area contributed by atoms with Gasteiger partial charge in [0.15, 0.2) is 12.2 Å². The summed E-state index contributed by atoms with van der Waals surface area (Å²) >= 11 is 0. The van der Waals surface area contributed by atoms with Gasteiger partial charge >= 0.3 is 39.5 Å². The molecule has 0 aliphatic carbocycles. The number of unbranched alkanes of at least 4 members (excludes halogenated alkanes) is 33. The Morgan fingerprint density at radius 3 is 0.857 bits per heavy atom. The lowest BCUT2D eigenvalue weighted by atomic mass is 10.1. The van der Waals surface area contributed by atoms with Crippen LogP contribution in [0.25, 0.3) is 0 Å². The Labute approximate surface area is 595 Å². The summed E-state index contributed by atoms with van der Waals surface area (Å²) in [5, 5.41) is 10.6. The predicted octanol–water partition coefficient (Wildman–Crippen LogP) is 22.2. The van der Waals surface area contributed by atoms with Crippen LogP contribution in [-0.2, 0) is 65.4 Å². The second-order valence-electron chi connectivity index (χ2n) is 25.9. The molecule has 0 bridgehead atoms. The zero-order valence-corrected chi connectivity index (χ0v) is 63.7. The van der Waals surface area contributed by atoms with E-state index in [1.54, 1.807) is 0 Å². The fraction of sp³-hybridized carbons (Fsp3) is 0.772. The number of carbonyl (C=O) groups is 4. The van der Waals surface area contributed by atoms with Crippen LogP contribution in [0.2, 0.25) is 0 Å². The normalized spacial score (nSPS) is 14.4. The lowest BCUT2D eigenvalue weighted by molar-refractivity contribution is -0.161. The standard InChI is InChI=1S/C79H140O17P2/c1-5-9-13-17-21-25-29-32-34-35-36-37-39-41-45-48-52-56-60-64-77(82)90-70-75(96-79(84)66-62-58-54-50-46-42-38-33-30-26-22-18-14-10-6-2)72-94-98(87,88)92-68-73(80)67-91-97(85,86)93-71-74(95-78(83)65-61-57-53-49-43-28-24-20-16-12-8-4)69-89-76(81)63-59-55-51-47-44-40-31-27-23-19-15-11-7-3/h10,14,21-22,25-27,31-34,36-38,73-75,80H,5-9,11-13,15-20,23-24,28-30,35,39-72H2,1-4H3,(H,85,86)(H,87,88)/b14-10-,25-21-,26-22-,31-27-,34-32-,37-36-,38-33-. The highest BCUT2D eigenvalue weighted by atomic mass is 31.2. The second kappa shape index (κ2) is 71.6. The van der Waals surface area contributed by atoms with Crippen LogP contribution in [0.5, 0.6) is 0 Å². The van der Waals surface area contributed by atoms with Gasteiger partial charge in [-0.1, -0.05) is 273 Å². The molecular formula is C79H140O17P2. The number of ether oxygens (including phenoxy) is 4.